The van der Waals surface area contributed by atoms with Crippen molar-refractivity contribution < 1.29 is 28.5 Å². The average Bonchev–Trinajstić information content (AvgIpc) is 3.16. The highest BCUT2D eigenvalue weighted by molar-refractivity contribution is 6.31. The molecule has 7 heteroatoms. The van der Waals surface area contributed by atoms with E-state index in [0.717, 1.165) is 39.1 Å². The van der Waals surface area contributed by atoms with Crippen LogP contribution in [-0.4, -0.2) is 40.1 Å². The summed E-state index contributed by atoms with van der Waals surface area (Å²) in [6.45, 7) is 0.633. The standard InChI is InChI=1S/C28H25NO6/c1-32-19-14-20-24-18(12-22-25(20)21(15-19)28(31)29(22)10-7-11-30)13-23(33-2)26(27(24)34-3)35-16-17-8-5-4-6-9-17/h4-6,8-9,11-15H,7,10,16H2,1-3H3. The van der Waals surface area contributed by atoms with Crippen LogP contribution in [0.3, 0.4) is 0 Å². The van der Waals surface area contributed by atoms with E-state index in [1.807, 2.05) is 48.5 Å². The molecule has 0 saturated heterocycles. The Morgan fingerprint density at radius 1 is 0.886 bits per heavy atom. The molecule has 1 aliphatic rings. The Balaban J connectivity index is 1.78. The Labute approximate surface area is 202 Å². The van der Waals surface area contributed by atoms with Gasteiger partial charge < -0.3 is 28.6 Å². The van der Waals surface area contributed by atoms with Crippen molar-refractivity contribution in [1.82, 2.24) is 0 Å². The number of carbonyl (C=O) groups excluding carboxylic acids is 2. The Bertz CT molecular complexity index is 1450. The van der Waals surface area contributed by atoms with E-state index in [1.165, 1.54) is 0 Å². The molecular formula is C28H25NO6. The summed E-state index contributed by atoms with van der Waals surface area (Å²) in [5, 5.41) is 3.21. The SMILES string of the molecule is COc1cc2c3c(cc4cc(OC)c(OCc5ccccc5)c(OC)c4c3c1)N(CCC=O)C2=O. The molecule has 0 bridgehead atoms. The predicted molar refractivity (Wildman–Crippen MR) is 134 cm³/mol. The zero-order chi connectivity index (χ0) is 24.5. The number of amides is 1. The molecule has 0 aromatic heterocycles. The molecule has 0 radical (unpaired) electrons. The summed E-state index contributed by atoms with van der Waals surface area (Å²) >= 11 is 0. The lowest BCUT2D eigenvalue weighted by Crippen LogP contribution is -2.28. The maximum Gasteiger partial charge on any atom is 0.259 e. The monoisotopic (exact) mass is 471 g/mol. The van der Waals surface area contributed by atoms with E-state index in [-0.39, 0.29) is 12.3 Å². The van der Waals surface area contributed by atoms with E-state index in [1.54, 1.807) is 32.3 Å². The number of hydrogen-bond donors (Lipinski definition) is 0. The summed E-state index contributed by atoms with van der Waals surface area (Å²) in [5.74, 6) is 1.91. The number of rotatable bonds is 9. The third-order valence-corrected chi connectivity index (χ3v) is 6.28. The first kappa shape index (κ1) is 22.5. The number of fused-ring (bicyclic) bond motifs is 2. The zero-order valence-corrected chi connectivity index (χ0v) is 19.8. The number of anilines is 1. The smallest absolute Gasteiger partial charge is 0.259 e. The van der Waals surface area contributed by atoms with Crippen molar-refractivity contribution in [1.29, 1.82) is 0 Å². The Morgan fingerprint density at radius 2 is 1.69 bits per heavy atom. The van der Waals surface area contributed by atoms with Crippen LogP contribution < -0.4 is 23.8 Å². The third-order valence-electron chi connectivity index (χ3n) is 6.28. The van der Waals surface area contributed by atoms with Gasteiger partial charge in [0.05, 0.1) is 32.6 Å². The van der Waals surface area contributed by atoms with Crippen LogP contribution in [0, 0.1) is 0 Å². The van der Waals surface area contributed by atoms with Gasteiger partial charge in [0, 0.05) is 23.7 Å². The quantitative estimate of drug-likeness (QED) is 0.248. The number of carbonyl (C=O) groups is 2. The van der Waals surface area contributed by atoms with E-state index in [0.29, 0.717) is 41.7 Å². The number of nitrogens with zero attached hydrogens (tertiary/aromatic N) is 1. The van der Waals surface area contributed by atoms with Crippen LogP contribution in [0.1, 0.15) is 22.3 Å². The topological polar surface area (TPSA) is 74.3 Å². The van der Waals surface area contributed by atoms with Crippen LogP contribution in [0.2, 0.25) is 0 Å². The number of methoxy groups -OCH3 is 3. The molecule has 4 aromatic rings. The molecule has 178 valence electrons. The van der Waals surface area contributed by atoms with Crippen molar-refractivity contribution in [3.05, 3.63) is 65.7 Å². The van der Waals surface area contributed by atoms with Gasteiger partial charge in [-0.2, -0.15) is 0 Å². The van der Waals surface area contributed by atoms with E-state index in [9.17, 15) is 9.59 Å². The summed E-state index contributed by atoms with van der Waals surface area (Å²) in [5.41, 5.74) is 2.29. The van der Waals surface area contributed by atoms with Gasteiger partial charge in [-0.05, 0) is 40.6 Å². The normalized spacial score (nSPS) is 12.3. The highest BCUT2D eigenvalue weighted by atomic mass is 16.5. The van der Waals surface area contributed by atoms with Gasteiger partial charge in [-0.15, -0.1) is 0 Å². The largest absolute Gasteiger partial charge is 0.497 e. The number of aldehydes is 1. The van der Waals surface area contributed by atoms with Gasteiger partial charge in [-0.3, -0.25) is 4.79 Å². The highest BCUT2D eigenvalue weighted by Gasteiger charge is 2.33. The molecule has 0 fully saturated rings. The second-order valence-corrected chi connectivity index (χ2v) is 8.22. The first-order chi connectivity index (χ1) is 17.1. The Kier molecular flexibility index (Phi) is 5.91. The van der Waals surface area contributed by atoms with Crippen LogP contribution in [0.5, 0.6) is 23.0 Å². The average molecular weight is 472 g/mol. The van der Waals surface area contributed by atoms with Crippen molar-refractivity contribution in [2.24, 2.45) is 0 Å². The molecule has 0 atom stereocenters. The maximum atomic E-state index is 13.3. The molecule has 0 spiro atoms. The summed E-state index contributed by atoms with van der Waals surface area (Å²) in [6.07, 6.45) is 1.06. The molecule has 35 heavy (non-hydrogen) atoms. The lowest BCUT2D eigenvalue weighted by atomic mass is 9.96. The number of hydrogen-bond acceptors (Lipinski definition) is 6. The molecule has 1 amide bonds. The van der Waals surface area contributed by atoms with Crippen LogP contribution in [0.4, 0.5) is 5.69 Å². The molecule has 4 aromatic carbocycles. The minimum Gasteiger partial charge on any atom is -0.497 e. The fourth-order valence-electron chi connectivity index (χ4n) is 4.71. The molecule has 0 saturated carbocycles. The molecule has 0 unspecified atom stereocenters. The van der Waals surface area contributed by atoms with Gasteiger partial charge in [-0.1, -0.05) is 30.3 Å². The summed E-state index contributed by atoms with van der Waals surface area (Å²) < 4.78 is 23.3. The molecule has 1 aliphatic heterocycles. The van der Waals surface area contributed by atoms with Crippen molar-refractivity contribution in [2.45, 2.75) is 13.0 Å². The lowest BCUT2D eigenvalue weighted by molar-refractivity contribution is -0.107. The second kappa shape index (κ2) is 9.18. The van der Waals surface area contributed by atoms with Crippen LogP contribution in [0.15, 0.2) is 54.6 Å². The summed E-state index contributed by atoms with van der Waals surface area (Å²) in [6, 6.07) is 17.3. The predicted octanol–water partition coefficient (Wildman–Crippen LogP) is 5.15. The fraction of sp³-hybridized carbons (Fsp3) is 0.214. The van der Waals surface area contributed by atoms with Gasteiger partial charge in [0.2, 0.25) is 5.75 Å². The highest BCUT2D eigenvalue weighted by Crippen LogP contribution is 2.51. The van der Waals surface area contributed by atoms with E-state index in [4.69, 9.17) is 18.9 Å². The van der Waals surface area contributed by atoms with Crippen LogP contribution >= 0.6 is 0 Å². The van der Waals surface area contributed by atoms with Gasteiger partial charge in [0.25, 0.3) is 5.91 Å². The van der Waals surface area contributed by atoms with E-state index >= 15 is 0 Å². The minimum atomic E-state index is -0.160. The van der Waals surface area contributed by atoms with Gasteiger partial charge in [0.1, 0.15) is 18.6 Å². The van der Waals surface area contributed by atoms with Crippen LogP contribution in [0.25, 0.3) is 21.5 Å². The molecule has 0 N–H and O–H groups in total. The van der Waals surface area contributed by atoms with Gasteiger partial charge in [-0.25, -0.2) is 0 Å². The molecular weight excluding hydrogens is 446 g/mol. The van der Waals surface area contributed by atoms with E-state index < -0.39 is 0 Å². The summed E-state index contributed by atoms with van der Waals surface area (Å²) in [4.78, 5) is 26.0. The van der Waals surface area contributed by atoms with Crippen molar-refractivity contribution >= 4 is 39.4 Å². The second-order valence-electron chi connectivity index (χ2n) is 8.22. The minimum absolute atomic E-state index is 0.160. The molecule has 7 nitrogen and oxygen atoms in total. The molecule has 1 heterocycles. The molecule has 5 rings (SSSR count). The number of ether oxygens (including phenoxy) is 4. The first-order valence-electron chi connectivity index (χ1n) is 11.3. The third kappa shape index (κ3) is 3.69. The van der Waals surface area contributed by atoms with Crippen molar-refractivity contribution in [3.63, 3.8) is 0 Å². The lowest BCUT2D eigenvalue weighted by Gasteiger charge is -2.20. The zero-order valence-electron chi connectivity index (χ0n) is 19.8. The van der Waals surface area contributed by atoms with Gasteiger partial charge in [0.15, 0.2) is 11.5 Å². The van der Waals surface area contributed by atoms with Crippen LogP contribution in [-0.2, 0) is 11.4 Å². The maximum absolute atomic E-state index is 13.3. The Morgan fingerprint density at radius 3 is 2.37 bits per heavy atom. The van der Waals surface area contributed by atoms with E-state index in [2.05, 4.69) is 0 Å². The van der Waals surface area contributed by atoms with Crippen molar-refractivity contribution in [3.8, 4) is 23.0 Å². The summed E-state index contributed by atoms with van der Waals surface area (Å²) in [7, 11) is 4.74. The Hall–Kier alpha value is -4.26. The number of benzene rings is 4. The van der Waals surface area contributed by atoms with Crippen molar-refractivity contribution in [2.75, 3.05) is 32.8 Å². The first-order valence-corrected chi connectivity index (χ1v) is 11.3. The molecule has 0 aliphatic carbocycles. The fourth-order valence-corrected chi connectivity index (χ4v) is 4.71. The van der Waals surface area contributed by atoms with Gasteiger partial charge >= 0.3 is 0 Å².